The standard InChI is InChI=1S/C26H31N3O7S2/c1-17-13-18(2)15-21(14-17)29(37(6,31)32)19(3)26(30)27-20-7-10-23(11-8-20)38(33,34)28-24-12-9-22(35-4)16-25(24)36-5/h7-16,19,28H,1-6H3,(H,27,30). The molecule has 3 aromatic carbocycles. The minimum absolute atomic E-state index is 0.0468. The molecule has 3 rings (SSSR count). The predicted octanol–water partition coefficient (Wildman–Crippen LogP) is 3.91. The number of carbonyl (C=O) groups is 1. The van der Waals surface area contributed by atoms with Crippen molar-refractivity contribution in [3.63, 3.8) is 0 Å². The van der Waals surface area contributed by atoms with Crippen LogP contribution in [0.2, 0.25) is 0 Å². The highest BCUT2D eigenvalue weighted by atomic mass is 32.2. The molecule has 0 radical (unpaired) electrons. The van der Waals surface area contributed by atoms with Gasteiger partial charge in [0.25, 0.3) is 10.0 Å². The molecular weight excluding hydrogens is 530 g/mol. The third-order valence-corrected chi connectivity index (χ3v) is 8.26. The Morgan fingerprint density at radius 2 is 1.47 bits per heavy atom. The van der Waals surface area contributed by atoms with E-state index >= 15 is 0 Å². The van der Waals surface area contributed by atoms with Gasteiger partial charge in [-0.2, -0.15) is 0 Å². The van der Waals surface area contributed by atoms with Gasteiger partial charge in [0, 0.05) is 11.8 Å². The largest absolute Gasteiger partial charge is 0.497 e. The molecule has 38 heavy (non-hydrogen) atoms. The maximum absolute atomic E-state index is 13.0. The predicted molar refractivity (Wildman–Crippen MR) is 148 cm³/mol. The van der Waals surface area contributed by atoms with Gasteiger partial charge in [-0.05, 0) is 80.4 Å². The quantitative estimate of drug-likeness (QED) is 0.384. The van der Waals surface area contributed by atoms with Gasteiger partial charge in [-0.3, -0.25) is 13.8 Å². The number of carbonyl (C=O) groups excluding carboxylic acids is 1. The first-order valence-electron chi connectivity index (χ1n) is 11.5. The summed E-state index contributed by atoms with van der Waals surface area (Å²) in [6.07, 6.45) is 1.04. The van der Waals surface area contributed by atoms with E-state index in [9.17, 15) is 21.6 Å². The van der Waals surface area contributed by atoms with Crippen LogP contribution >= 0.6 is 0 Å². The number of hydrogen-bond acceptors (Lipinski definition) is 7. The van der Waals surface area contributed by atoms with Gasteiger partial charge >= 0.3 is 0 Å². The van der Waals surface area contributed by atoms with Crippen molar-refractivity contribution < 1.29 is 31.1 Å². The van der Waals surface area contributed by atoms with Crippen LogP contribution in [0.4, 0.5) is 17.1 Å². The van der Waals surface area contributed by atoms with Gasteiger partial charge in [0.15, 0.2) is 0 Å². The van der Waals surface area contributed by atoms with Crippen LogP contribution in [-0.2, 0) is 24.8 Å². The number of benzene rings is 3. The van der Waals surface area contributed by atoms with Crippen molar-refractivity contribution in [1.29, 1.82) is 0 Å². The molecule has 0 fully saturated rings. The van der Waals surface area contributed by atoms with Crippen LogP contribution in [0.5, 0.6) is 11.5 Å². The Kier molecular flexibility index (Phi) is 8.58. The number of sulfonamides is 2. The van der Waals surface area contributed by atoms with E-state index < -0.39 is 32.0 Å². The highest BCUT2D eigenvalue weighted by Gasteiger charge is 2.29. The van der Waals surface area contributed by atoms with Crippen molar-refractivity contribution in [2.24, 2.45) is 0 Å². The lowest BCUT2D eigenvalue weighted by atomic mass is 10.1. The molecule has 0 aliphatic rings. The highest BCUT2D eigenvalue weighted by Crippen LogP contribution is 2.31. The summed E-state index contributed by atoms with van der Waals surface area (Å²) < 4.78 is 64.9. The molecule has 2 N–H and O–H groups in total. The highest BCUT2D eigenvalue weighted by molar-refractivity contribution is 7.92. The van der Waals surface area contributed by atoms with Crippen LogP contribution in [0.3, 0.4) is 0 Å². The van der Waals surface area contributed by atoms with Crippen molar-refractivity contribution in [2.75, 3.05) is 34.8 Å². The lowest BCUT2D eigenvalue weighted by Gasteiger charge is -2.28. The molecule has 0 aliphatic heterocycles. The summed E-state index contributed by atoms with van der Waals surface area (Å²) in [5.41, 5.74) is 2.63. The molecule has 0 spiro atoms. The van der Waals surface area contributed by atoms with Gasteiger partial charge in [0.2, 0.25) is 15.9 Å². The van der Waals surface area contributed by atoms with Crippen LogP contribution in [0.25, 0.3) is 0 Å². The van der Waals surface area contributed by atoms with E-state index in [0.29, 0.717) is 17.1 Å². The lowest BCUT2D eigenvalue weighted by molar-refractivity contribution is -0.116. The van der Waals surface area contributed by atoms with E-state index in [1.54, 1.807) is 24.3 Å². The van der Waals surface area contributed by atoms with Crippen LogP contribution in [0.1, 0.15) is 18.1 Å². The molecule has 0 bridgehead atoms. The van der Waals surface area contributed by atoms with Crippen molar-refractivity contribution in [3.8, 4) is 11.5 Å². The zero-order chi connectivity index (χ0) is 28.3. The monoisotopic (exact) mass is 561 g/mol. The van der Waals surface area contributed by atoms with Gasteiger partial charge in [-0.1, -0.05) is 6.07 Å². The average molecular weight is 562 g/mol. The zero-order valence-corrected chi connectivity index (χ0v) is 23.6. The second-order valence-corrected chi connectivity index (χ2v) is 12.3. The molecule has 12 heteroatoms. The molecule has 0 saturated carbocycles. The van der Waals surface area contributed by atoms with E-state index in [-0.39, 0.29) is 16.3 Å². The number of ether oxygens (including phenoxy) is 2. The van der Waals surface area contributed by atoms with E-state index in [1.165, 1.54) is 51.5 Å². The van der Waals surface area contributed by atoms with Gasteiger partial charge < -0.3 is 14.8 Å². The number of hydrogen-bond donors (Lipinski definition) is 2. The fourth-order valence-corrected chi connectivity index (χ4v) is 6.17. The Morgan fingerprint density at radius 1 is 0.868 bits per heavy atom. The molecule has 1 unspecified atom stereocenters. The summed E-state index contributed by atoms with van der Waals surface area (Å²) in [5.74, 6) is 0.211. The zero-order valence-electron chi connectivity index (χ0n) is 22.0. The van der Waals surface area contributed by atoms with Crippen LogP contribution in [0.15, 0.2) is 65.6 Å². The summed E-state index contributed by atoms with van der Waals surface area (Å²) in [7, 11) is -4.86. The van der Waals surface area contributed by atoms with Crippen LogP contribution < -0.4 is 23.8 Å². The molecule has 0 aromatic heterocycles. The second kappa shape index (κ2) is 11.3. The van der Waals surface area contributed by atoms with Gasteiger partial charge in [-0.15, -0.1) is 0 Å². The van der Waals surface area contributed by atoms with Crippen molar-refractivity contribution in [1.82, 2.24) is 0 Å². The topological polar surface area (TPSA) is 131 Å². The summed E-state index contributed by atoms with van der Waals surface area (Å²) >= 11 is 0. The Morgan fingerprint density at radius 3 is 2.00 bits per heavy atom. The molecule has 10 nitrogen and oxygen atoms in total. The summed E-state index contributed by atoms with van der Waals surface area (Å²) in [6.45, 7) is 5.17. The Bertz CT molecular complexity index is 1520. The normalized spacial score (nSPS) is 12.4. The number of amides is 1. The third kappa shape index (κ3) is 6.75. The van der Waals surface area contributed by atoms with Gasteiger partial charge in [0.05, 0.1) is 36.7 Å². The molecule has 3 aromatic rings. The van der Waals surface area contributed by atoms with Gasteiger partial charge in [-0.25, -0.2) is 16.8 Å². The number of anilines is 3. The molecule has 1 amide bonds. The summed E-state index contributed by atoms with van der Waals surface area (Å²) in [6, 6.07) is 14.4. The molecule has 0 aliphatic carbocycles. The number of aryl methyl sites for hydroxylation is 2. The number of nitrogens with zero attached hydrogens (tertiary/aromatic N) is 1. The Hall–Kier alpha value is -3.77. The van der Waals surface area contributed by atoms with E-state index in [1.807, 2.05) is 19.9 Å². The Balaban J connectivity index is 1.79. The first-order valence-corrected chi connectivity index (χ1v) is 14.8. The van der Waals surface area contributed by atoms with Crippen molar-refractivity contribution in [2.45, 2.75) is 31.7 Å². The maximum Gasteiger partial charge on any atom is 0.262 e. The fraction of sp³-hybridized carbons (Fsp3) is 0.269. The van der Waals surface area contributed by atoms with Crippen LogP contribution in [-0.4, -0.2) is 49.3 Å². The molecular formula is C26H31N3O7S2. The minimum Gasteiger partial charge on any atom is -0.497 e. The smallest absolute Gasteiger partial charge is 0.262 e. The first-order chi connectivity index (χ1) is 17.7. The molecule has 204 valence electrons. The van der Waals surface area contributed by atoms with E-state index in [4.69, 9.17) is 9.47 Å². The van der Waals surface area contributed by atoms with Crippen LogP contribution in [0, 0.1) is 13.8 Å². The number of nitrogens with one attached hydrogen (secondary N) is 2. The SMILES string of the molecule is COc1ccc(NS(=O)(=O)c2ccc(NC(=O)C(C)N(c3cc(C)cc(C)c3)S(C)(=O)=O)cc2)c(OC)c1. The second-order valence-electron chi connectivity index (χ2n) is 8.77. The number of rotatable bonds is 10. The number of methoxy groups -OCH3 is 2. The summed E-state index contributed by atoms with van der Waals surface area (Å²) in [5, 5.41) is 2.66. The van der Waals surface area contributed by atoms with Gasteiger partial charge in [0.1, 0.15) is 17.5 Å². The lowest BCUT2D eigenvalue weighted by Crippen LogP contribution is -2.45. The minimum atomic E-state index is -3.98. The van der Waals surface area contributed by atoms with E-state index in [0.717, 1.165) is 21.7 Å². The summed E-state index contributed by atoms with van der Waals surface area (Å²) in [4.78, 5) is 13.0. The third-order valence-electron chi connectivity index (χ3n) is 5.63. The van der Waals surface area contributed by atoms with Crippen molar-refractivity contribution >= 4 is 43.0 Å². The molecule has 0 saturated heterocycles. The average Bonchev–Trinajstić information content (AvgIpc) is 2.83. The van der Waals surface area contributed by atoms with Crippen molar-refractivity contribution in [3.05, 3.63) is 71.8 Å². The van der Waals surface area contributed by atoms with E-state index in [2.05, 4.69) is 10.0 Å². The maximum atomic E-state index is 13.0. The first kappa shape index (κ1) is 28.8. The molecule has 0 heterocycles. The Labute approximate surface area is 223 Å². The fourth-order valence-electron chi connectivity index (χ4n) is 3.94. The molecule has 1 atom stereocenters.